The van der Waals surface area contributed by atoms with Gasteiger partial charge in [-0.2, -0.15) is 0 Å². The Labute approximate surface area is 218 Å². The maximum atomic E-state index is 13.4. The average molecular weight is 505 g/mol. The van der Waals surface area contributed by atoms with E-state index in [1.807, 2.05) is 26.0 Å². The minimum absolute atomic E-state index is 0.0905. The van der Waals surface area contributed by atoms with Crippen LogP contribution in [0.25, 0.3) is 5.78 Å². The summed E-state index contributed by atoms with van der Waals surface area (Å²) in [5, 5.41) is 14.4. The molecule has 3 aromatic rings. The third kappa shape index (κ3) is 5.11. The summed E-state index contributed by atoms with van der Waals surface area (Å²) < 4.78 is 8.11. The van der Waals surface area contributed by atoms with Gasteiger partial charge in [0.1, 0.15) is 28.7 Å². The van der Waals surface area contributed by atoms with E-state index in [4.69, 9.17) is 9.72 Å². The van der Waals surface area contributed by atoms with Crippen LogP contribution in [0.2, 0.25) is 0 Å². The van der Waals surface area contributed by atoms with E-state index >= 15 is 0 Å². The molecular formula is C29H38N5O3+. The summed E-state index contributed by atoms with van der Waals surface area (Å²) in [5.74, 6) is 0.290. The second kappa shape index (κ2) is 10.2. The molecule has 0 bridgehead atoms. The van der Waals surface area contributed by atoms with Crippen molar-refractivity contribution >= 4 is 11.7 Å². The molecule has 1 unspecified atom stereocenters. The number of hydrogen-bond acceptors (Lipinski definition) is 6. The van der Waals surface area contributed by atoms with Crippen molar-refractivity contribution in [2.75, 3.05) is 0 Å². The van der Waals surface area contributed by atoms with E-state index < -0.39 is 11.5 Å². The largest absolute Gasteiger partial charge is 0.512 e. The molecule has 8 nitrogen and oxygen atoms in total. The summed E-state index contributed by atoms with van der Waals surface area (Å²) in [7, 11) is 0. The van der Waals surface area contributed by atoms with Gasteiger partial charge in [0.25, 0.3) is 0 Å². The molecule has 1 fully saturated rings. The topological polar surface area (TPSA) is 105 Å². The Morgan fingerprint density at radius 1 is 1.08 bits per heavy atom. The number of aliphatic hydroxyl groups excluding tert-OH is 1. The molecule has 37 heavy (non-hydrogen) atoms. The molecule has 8 heteroatoms. The fourth-order valence-electron chi connectivity index (χ4n) is 5.99. The summed E-state index contributed by atoms with van der Waals surface area (Å²) in [6.45, 7) is 8.14. The number of ether oxygens (including phenoxy) is 1. The molecule has 0 aromatic carbocycles. The normalized spacial score (nSPS) is 22.4. The summed E-state index contributed by atoms with van der Waals surface area (Å²) >= 11 is 0. The number of aliphatic hydroxyl groups is 1. The molecule has 0 radical (unpaired) electrons. The van der Waals surface area contributed by atoms with Crippen LogP contribution in [0.4, 0.5) is 0 Å². The van der Waals surface area contributed by atoms with Crippen LogP contribution in [0.3, 0.4) is 0 Å². The number of rotatable bonds is 8. The lowest BCUT2D eigenvalue weighted by Gasteiger charge is -2.40. The van der Waals surface area contributed by atoms with Crippen LogP contribution in [-0.2, 0) is 35.2 Å². The number of carbonyl (C=O) groups is 1. The third-order valence-corrected chi connectivity index (χ3v) is 8.01. The van der Waals surface area contributed by atoms with Crippen molar-refractivity contribution in [3.63, 3.8) is 0 Å². The first-order chi connectivity index (χ1) is 17.8. The SMILES string of the molecule is CCc1cc(CC[C@]2(C3CCCC3)C=C(O)C(Cc3nc4nc(C)cc(C)[n+]4[nH]3)C(=O)O2)cc(CC)n1. The minimum Gasteiger partial charge on any atom is -0.512 e. The Kier molecular flexibility index (Phi) is 7.01. The lowest BCUT2D eigenvalue weighted by molar-refractivity contribution is -0.587. The van der Waals surface area contributed by atoms with Gasteiger partial charge in [0, 0.05) is 29.8 Å². The number of esters is 1. The van der Waals surface area contributed by atoms with Gasteiger partial charge in [-0.25, -0.2) is 5.10 Å². The Balaban J connectivity index is 1.41. The highest BCUT2D eigenvalue weighted by Gasteiger charge is 2.48. The maximum Gasteiger partial charge on any atom is 0.457 e. The van der Waals surface area contributed by atoms with Crippen LogP contribution in [-0.4, -0.2) is 36.7 Å². The highest BCUT2D eigenvalue weighted by molar-refractivity contribution is 5.77. The van der Waals surface area contributed by atoms with Crippen LogP contribution in [0, 0.1) is 25.7 Å². The van der Waals surface area contributed by atoms with Gasteiger partial charge >= 0.3 is 11.7 Å². The monoisotopic (exact) mass is 504 g/mol. The van der Waals surface area contributed by atoms with Gasteiger partial charge < -0.3 is 9.84 Å². The molecule has 2 N–H and O–H groups in total. The first kappa shape index (κ1) is 25.4. The first-order valence-electron chi connectivity index (χ1n) is 13.7. The molecule has 1 aliphatic heterocycles. The molecule has 5 rings (SSSR count). The zero-order valence-corrected chi connectivity index (χ0v) is 22.4. The number of nitrogens with zero attached hydrogens (tertiary/aromatic N) is 4. The van der Waals surface area contributed by atoms with Crippen molar-refractivity contribution in [3.05, 3.63) is 64.2 Å². The summed E-state index contributed by atoms with van der Waals surface area (Å²) in [6, 6.07) is 6.29. The summed E-state index contributed by atoms with van der Waals surface area (Å²) in [6.07, 6.45) is 9.53. The van der Waals surface area contributed by atoms with Gasteiger partial charge in [-0.3, -0.25) is 9.78 Å². The van der Waals surface area contributed by atoms with Gasteiger partial charge in [0.05, 0.1) is 0 Å². The molecule has 2 aliphatic rings. The number of nitrogens with one attached hydrogen (secondary N) is 1. The van der Waals surface area contributed by atoms with Crippen LogP contribution in [0.15, 0.2) is 30.0 Å². The highest BCUT2D eigenvalue weighted by atomic mass is 16.6. The van der Waals surface area contributed by atoms with Gasteiger partial charge in [0.15, 0.2) is 0 Å². The van der Waals surface area contributed by atoms with E-state index in [9.17, 15) is 9.90 Å². The van der Waals surface area contributed by atoms with Gasteiger partial charge in [-0.05, 0) is 76.1 Å². The van der Waals surface area contributed by atoms with Crippen molar-refractivity contribution in [1.29, 1.82) is 0 Å². The first-order valence-corrected chi connectivity index (χ1v) is 13.7. The number of aryl methyl sites for hydroxylation is 5. The van der Waals surface area contributed by atoms with Gasteiger partial charge in [-0.15, -0.1) is 4.52 Å². The summed E-state index contributed by atoms with van der Waals surface area (Å²) in [5.41, 5.74) is 4.46. The van der Waals surface area contributed by atoms with Gasteiger partial charge in [-0.1, -0.05) is 36.7 Å². The number of carbonyl (C=O) groups excluding carboxylic acids is 1. The molecule has 4 heterocycles. The molecule has 2 atom stereocenters. The lowest BCUT2D eigenvalue weighted by Crippen LogP contribution is -2.46. The number of pyridine rings is 1. The number of fused-ring (bicyclic) bond motifs is 1. The zero-order valence-electron chi connectivity index (χ0n) is 22.4. The Morgan fingerprint density at radius 2 is 1.78 bits per heavy atom. The predicted octanol–water partition coefficient (Wildman–Crippen LogP) is 4.40. The number of H-pyrrole nitrogens is 1. The Hall–Kier alpha value is -3.29. The lowest BCUT2D eigenvalue weighted by atomic mass is 9.78. The van der Waals surface area contributed by atoms with Crippen molar-refractivity contribution < 1.29 is 19.2 Å². The van der Waals surface area contributed by atoms with E-state index in [1.165, 1.54) is 5.56 Å². The Morgan fingerprint density at radius 3 is 2.43 bits per heavy atom. The van der Waals surface area contributed by atoms with Crippen molar-refractivity contribution in [3.8, 4) is 0 Å². The predicted molar refractivity (Wildman–Crippen MR) is 139 cm³/mol. The third-order valence-electron chi connectivity index (χ3n) is 8.01. The quantitative estimate of drug-likeness (QED) is 0.348. The smallest absolute Gasteiger partial charge is 0.457 e. The van der Waals surface area contributed by atoms with Gasteiger partial charge in [0.2, 0.25) is 5.82 Å². The Bertz CT molecular complexity index is 1320. The fraction of sp³-hybridized carbons (Fsp3) is 0.552. The van der Waals surface area contributed by atoms with Crippen LogP contribution < -0.4 is 4.52 Å². The van der Waals surface area contributed by atoms with Crippen LogP contribution in [0.1, 0.15) is 80.1 Å². The molecule has 196 valence electrons. The molecule has 1 saturated carbocycles. The molecule has 0 saturated heterocycles. The minimum atomic E-state index is -0.784. The maximum absolute atomic E-state index is 13.4. The molecular weight excluding hydrogens is 466 g/mol. The van der Waals surface area contributed by atoms with Crippen LogP contribution in [0.5, 0.6) is 0 Å². The molecule has 0 amide bonds. The highest BCUT2D eigenvalue weighted by Crippen LogP contribution is 2.44. The summed E-state index contributed by atoms with van der Waals surface area (Å²) in [4.78, 5) is 27.2. The van der Waals surface area contributed by atoms with Crippen molar-refractivity contribution in [1.82, 2.24) is 20.1 Å². The van der Waals surface area contributed by atoms with Crippen molar-refractivity contribution in [2.24, 2.45) is 11.8 Å². The number of cyclic esters (lactones) is 1. The number of hydrogen-bond donors (Lipinski definition) is 2. The van der Waals surface area contributed by atoms with E-state index in [1.54, 1.807) is 4.52 Å². The average Bonchev–Trinajstić information content (AvgIpc) is 3.55. The number of aromatic amines is 1. The van der Waals surface area contributed by atoms with E-state index in [0.29, 0.717) is 18.0 Å². The second-order valence-corrected chi connectivity index (χ2v) is 10.7. The van der Waals surface area contributed by atoms with Crippen molar-refractivity contribution in [2.45, 2.75) is 91.1 Å². The van der Waals surface area contributed by atoms with E-state index in [2.05, 4.69) is 41.0 Å². The zero-order chi connectivity index (χ0) is 26.2. The second-order valence-electron chi connectivity index (χ2n) is 10.7. The fourth-order valence-corrected chi connectivity index (χ4v) is 5.99. The van der Waals surface area contributed by atoms with Crippen LogP contribution >= 0.6 is 0 Å². The molecule has 3 aromatic heterocycles. The van der Waals surface area contributed by atoms with E-state index in [0.717, 1.165) is 67.7 Å². The standard InChI is InChI=1S/C29H37N5O3/c1-5-22-14-20(15-23(6-2)31-22)11-12-29(21-9-7-8-10-21)17-25(35)24(27(36)37-29)16-26-32-28-30-18(3)13-19(4)34(28)33-26/h13-15,17,21,24,35H,5-12,16H2,1-4H3/p+1/t24?,29-/m1/s1. The van der Waals surface area contributed by atoms with E-state index in [-0.39, 0.29) is 24.1 Å². The molecule has 1 aliphatic carbocycles. The molecule has 0 spiro atoms. The number of aromatic nitrogens is 5.